The monoisotopic (exact) mass is 269 g/mol. The predicted molar refractivity (Wildman–Crippen MR) is 68.6 cm³/mol. The Morgan fingerprint density at radius 2 is 2.41 bits per heavy atom. The second-order valence-corrected chi connectivity index (χ2v) is 5.28. The van der Waals surface area contributed by atoms with Crippen molar-refractivity contribution in [1.29, 1.82) is 0 Å². The van der Waals surface area contributed by atoms with Crippen molar-refractivity contribution in [3.8, 4) is 0 Å². The van der Waals surface area contributed by atoms with Gasteiger partial charge in [0.1, 0.15) is 5.82 Å². The van der Waals surface area contributed by atoms with Crippen LogP contribution in [-0.4, -0.2) is 22.0 Å². The Morgan fingerprint density at radius 1 is 1.59 bits per heavy atom. The third-order valence-corrected chi connectivity index (χ3v) is 3.58. The summed E-state index contributed by atoms with van der Waals surface area (Å²) in [6.07, 6.45) is 4.35. The van der Waals surface area contributed by atoms with Gasteiger partial charge in [-0.1, -0.05) is 11.6 Å². The number of hydrogen-bond acceptors (Lipinski definition) is 3. The van der Waals surface area contributed by atoms with Crippen molar-refractivity contribution in [2.75, 3.05) is 6.54 Å². The van der Waals surface area contributed by atoms with E-state index in [-0.39, 0.29) is 5.91 Å². The number of rotatable bonds is 4. The van der Waals surface area contributed by atoms with Gasteiger partial charge in [-0.15, -0.1) is 11.3 Å². The molecule has 0 aromatic carbocycles. The topological polar surface area (TPSA) is 46.9 Å². The van der Waals surface area contributed by atoms with E-state index in [1.54, 1.807) is 18.3 Å². The minimum atomic E-state index is -0.0869. The highest BCUT2D eigenvalue weighted by Gasteiger charge is 2.08. The molecule has 90 valence electrons. The Bertz CT molecular complexity index is 520. The molecule has 4 nitrogen and oxygen atoms in total. The maximum atomic E-state index is 11.7. The van der Waals surface area contributed by atoms with Crippen LogP contribution in [0.25, 0.3) is 0 Å². The Kier molecular flexibility index (Phi) is 3.81. The van der Waals surface area contributed by atoms with Crippen molar-refractivity contribution in [1.82, 2.24) is 14.9 Å². The molecule has 2 aromatic heterocycles. The van der Waals surface area contributed by atoms with Crippen LogP contribution in [0.2, 0.25) is 4.34 Å². The lowest BCUT2D eigenvalue weighted by Crippen LogP contribution is -2.25. The molecule has 0 aliphatic carbocycles. The molecule has 0 fully saturated rings. The fourth-order valence-corrected chi connectivity index (χ4v) is 2.41. The first-order valence-electron chi connectivity index (χ1n) is 5.16. The molecule has 1 amide bonds. The number of imidazole rings is 1. The van der Waals surface area contributed by atoms with Gasteiger partial charge in [0.05, 0.1) is 9.21 Å². The first-order valence-corrected chi connectivity index (χ1v) is 6.36. The zero-order valence-electron chi connectivity index (χ0n) is 9.31. The molecule has 0 aliphatic rings. The average Bonchev–Trinajstić information content (AvgIpc) is 2.88. The molecule has 0 spiro atoms. The van der Waals surface area contributed by atoms with Crippen LogP contribution < -0.4 is 5.32 Å². The standard InChI is InChI=1S/C11H12ClN3OS/c1-15-7-6-13-10(15)4-5-14-11(16)8-2-3-9(12)17-8/h2-3,6-7H,4-5H2,1H3,(H,14,16). The molecular formula is C11H12ClN3OS. The van der Waals surface area contributed by atoms with E-state index in [0.29, 0.717) is 22.2 Å². The van der Waals surface area contributed by atoms with E-state index >= 15 is 0 Å². The fraction of sp³-hybridized carbons (Fsp3) is 0.273. The molecule has 1 N–H and O–H groups in total. The summed E-state index contributed by atoms with van der Waals surface area (Å²) in [5.41, 5.74) is 0. The summed E-state index contributed by atoms with van der Waals surface area (Å²) in [7, 11) is 1.93. The summed E-state index contributed by atoms with van der Waals surface area (Å²) in [6, 6.07) is 3.45. The summed E-state index contributed by atoms with van der Waals surface area (Å²) in [6.45, 7) is 0.569. The van der Waals surface area contributed by atoms with Crippen molar-refractivity contribution in [2.45, 2.75) is 6.42 Å². The third kappa shape index (κ3) is 3.08. The molecule has 2 heterocycles. The number of thiophene rings is 1. The molecule has 0 saturated heterocycles. The number of amides is 1. The van der Waals surface area contributed by atoms with Gasteiger partial charge >= 0.3 is 0 Å². The summed E-state index contributed by atoms with van der Waals surface area (Å²) in [4.78, 5) is 16.5. The molecule has 2 rings (SSSR count). The van der Waals surface area contributed by atoms with Crippen molar-refractivity contribution in [3.63, 3.8) is 0 Å². The van der Waals surface area contributed by atoms with Crippen LogP contribution in [0.4, 0.5) is 0 Å². The van der Waals surface area contributed by atoms with Crippen LogP contribution in [0, 0.1) is 0 Å². The second kappa shape index (κ2) is 5.33. The minimum Gasteiger partial charge on any atom is -0.351 e. The number of aromatic nitrogens is 2. The van der Waals surface area contributed by atoms with E-state index in [9.17, 15) is 4.79 Å². The van der Waals surface area contributed by atoms with E-state index in [2.05, 4.69) is 10.3 Å². The first kappa shape index (κ1) is 12.1. The summed E-state index contributed by atoms with van der Waals surface area (Å²) in [5.74, 6) is 0.866. The summed E-state index contributed by atoms with van der Waals surface area (Å²) >= 11 is 7.05. The fourth-order valence-electron chi connectivity index (χ4n) is 1.45. The Hall–Kier alpha value is -1.33. The van der Waals surface area contributed by atoms with Crippen molar-refractivity contribution >= 4 is 28.8 Å². The second-order valence-electron chi connectivity index (χ2n) is 3.56. The van der Waals surface area contributed by atoms with Crippen molar-refractivity contribution in [2.24, 2.45) is 7.05 Å². The van der Waals surface area contributed by atoms with Gasteiger partial charge in [-0.3, -0.25) is 4.79 Å². The SMILES string of the molecule is Cn1ccnc1CCNC(=O)c1ccc(Cl)s1. The Balaban J connectivity index is 1.83. The van der Waals surface area contributed by atoms with Gasteiger partial charge in [-0.25, -0.2) is 4.98 Å². The molecule has 0 radical (unpaired) electrons. The molecule has 17 heavy (non-hydrogen) atoms. The van der Waals surface area contributed by atoms with Crippen LogP contribution in [0.5, 0.6) is 0 Å². The number of halogens is 1. The maximum absolute atomic E-state index is 11.7. The third-order valence-electron chi connectivity index (χ3n) is 2.35. The first-order chi connectivity index (χ1) is 8.16. The molecular weight excluding hydrogens is 258 g/mol. The Morgan fingerprint density at radius 3 is 3.00 bits per heavy atom. The zero-order chi connectivity index (χ0) is 12.3. The van der Waals surface area contributed by atoms with Gasteiger partial charge in [-0.05, 0) is 12.1 Å². The minimum absolute atomic E-state index is 0.0869. The van der Waals surface area contributed by atoms with Gasteiger partial charge in [0, 0.05) is 32.4 Å². The van der Waals surface area contributed by atoms with E-state index in [1.807, 2.05) is 17.8 Å². The lowest BCUT2D eigenvalue weighted by molar-refractivity contribution is 0.0958. The maximum Gasteiger partial charge on any atom is 0.261 e. The summed E-state index contributed by atoms with van der Waals surface area (Å²) < 4.78 is 2.56. The number of carbonyl (C=O) groups is 1. The highest BCUT2D eigenvalue weighted by molar-refractivity contribution is 7.17. The van der Waals surface area contributed by atoms with E-state index < -0.39 is 0 Å². The van der Waals surface area contributed by atoms with E-state index in [1.165, 1.54) is 11.3 Å². The van der Waals surface area contributed by atoms with Crippen molar-refractivity contribution in [3.05, 3.63) is 39.6 Å². The largest absolute Gasteiger partial charge is 0.351 e. The smallest absolute Gasteiger partial charge is 0.261 e. The predicted octanol–water partition coefficient (Wildman–Crippen LogP) is 2.11. The van der Waals surface area contributed by atoms with Crippen LogP contribution in [0.3, 0.4) is 0 Å². The van der Waals surface area contributed by atoms with Gasteiger partial charge in [-0.2, -0.15) is 0 Å². The van der Waals surface area contributed by atoms with E-state index in [4.69, 9.17) is 11.6 Å². The number of carbonyl (C=O) groups excluding carboxylic acids is 1. The molecule has 0 saturated carbocycles. The van der Waals surface area contributed by atoms with Gasteiger partial charge in [0.2, 0.25) is 0 Å². The quantitative estimate of drug-likeness (QED) is 0.924. The van der Waals surface area contributed by atoms with Crippen LogP contribution in [0.1, 0.15) is 15.5 Å². The van der Waals surface area contributed by atoms with Gasteiger partial charge < -0.3 is 9.88 Å². The lowest BCUT2D eigenvalue weighted by atomic mass is 10.3. The molecule has 2 aromatic rings. The van der Waals surface area contributed by atoms with Crippen LogP contribution in [0.15, 0.2) is 24.5 Å². The molecule has 6 heteroatoms. The Labute approximate surface area is 108 Å². The lowest BCUT2D eigenvalue weighted by Gasteiger charge is -2.03. The average molecular weight is 270 g/mol. The highest BCUT2D eigenvalue weighted by Crippen LogP contribution is 2.20. The number of nitrogens with zero attached hydrogens (tertiary/aromatic N) is 2. The molecule has 0 unspecified atom stereocenters. The number of hydrogen-bond donors (Lipinski definition) is 1. The normalized spacial score (nSPS) is 10.5. The number of aryl methyl sites for hydroxylation is 1. The molecule has 0 bridgehead atoms. The van der Waals surface area contributed by atoms with Crippen LogP contribution >= 0.6 is 22.9 Å². The molecule has 0 atom stereocenters. The zero-order valence-corrected chi connectivity index (χ0v) is 10.9. The number of nitrogens with one attached hydrogen (secondary N) is 1. The van der Waals surface area contributed by atoms with E-state index in [0.717, 1.165) is 5.82 Å². The van der Waals surface area contributed by atoms with Crippen LogP contribution in [-0.2, 0) is 13.5 Å². The summed E-state index contributed by atoms with van der Waals surface area (Å²) in [5, 5.41) is 2.84. The highest BCUT2D eigenvalue weighted by atomic mass is 35.5. The van der Waals surface area contributed by atoms with Gasteiger partial charge in [0.25, 0.3) is 5.91 Å². The molecule has 0 aliphatic heterocycles. The van der Waals surface area contributed by atoms with Crippen molar-refractivity contribution < 1.29 is 4.79 Å². The van der Waals surface area contributed by atoms with Gasteiger partial charge in [0.15, 0.2) is 0 Å².